The van der Waals surface area contributed by atoms with Crippen molar-refractivity contribution in [3.8, 4) is 21.7 Å². The Balaban J connectivity index is 2.18. The molecule has 0 radical (unpaired) electrons. The van der Waals surface area contributed by atoms with Crippen LogP contribution in [0, 0.1) is 19.1 Å². The Kier molecular flexibility index (Phi) is 3.94. The van der Waals surface area contributed by atoms with E-state index in [4.69, 9.17) is 4.98 Å². The van der Waals surface area contributed by atoms with Crippen molar-refractivity contribution in [1.82, 2.24) is 4.98 Å². The minimum atomic E-state index is 0.694. The topological polar surface area (TPSA) is 39.8 Å². The second kappa shape index (κ2) is 5.89. The van der Waals surface area contributed by atoms with Gasteiger partial charge < -0.3 is 5.21 Å². The van der Waals surface area contributed by atoms with Crippen molar-refractivity contribution < 1.29 is 4.73 Å². The lowest BCUT2D eigenvalue weighted by atomic mass is 10.1. The summed E-state index contributed by atoms with van der Waals surface area (Å²) in [6.07, 6.45) is 2.48. The molecule has 0 bridgehead atoms. The Morgan fingerprint density at radius 3 is 2.64 bits per heavy atom. The van der Waals surface area contributed by atoms with Crippen LogP contribution >= 0.6 is 11.3 Å². The minimum absolute atomic E-state index is 0.694. The molecule has 0 aliphatic rings. The van der Waals surface area contributed by atoms with Crippen LogP contribution in [0.25, 0.3) is 21.7 Å². The predicted octanol–water partition coefficient (Wildman–Crippen LogP) is 4.29. The number of aryl methyl sites for hydroxylation is 3. The van der Waals surface area contributed by atoms with E-state index < -0.39 is 0 Å². The first kappa shape index (κ1) is 14.7. The fraction of sp³-hybridized carbons (Fsp3) is 0.222. The van der Waals surface area contributed by atoms with Crippen molar-refractivity contribution in [2.24, 2.45) is 0 Å². The molecule has 2 heterocycles. The first-order chi connectivity index (χ1) is 10.6. The second-order valence-corrected chi connectivity index (χ2v) is 6.47. The Morgan fingerprint density at radius 1 is 1.14 bits per heavy atom. The molecule has 4 heteroatoms. The molecule has 3 aromatic rings. The highest BCUT2D eigenvalue weighted by Gasteiger charge is 2.16. The standard InChI is InChI=1S/C18H18N2OS/c1-4-16-19-17(14-7-5-6-12(2)10-14)18(22-16)15-8-9-20(21)13(3)11-15/h5-11H,4H2,1-3H3. The van der Waals surface area contributed by atoms with E-state index in [0.717, 1.165) is 37.9 Å². The molecule has 0 aliphatic heterocycles. The van der Waals surface area contributed by atoms with E-state index in [2.05, 4.69) is 38.1 Å². The third kappa shape index (κ3) is 2.74. The van der Waals surface area contributed by atoms with Crippen LogP contribution in [0.4, 0.5) is 0 Å². The van der Waals surface area contributed by atoms with Gasteiger partial charge in [-0.3, -0.25) is 0 Å². The molecule has 0 saturated carbocycles. The van der Waals surface area contributed by atoms with Crippen LogP contribution < -0.4 is 4.73 Å². The van der Waals surface area contributed by atoms with Crippen molar-refractivity contribution in [2.45, 2.75) is 27.2 Å². The van der Waals surface area contributed by atoms with Crippen LogP contribution in [0.2, 0.25) is 0 Å². The molecule has 22 heavy (non-hydrogen) atoms. The van der Waals surface area contributed by atoms with Gasteiger partial charge in [0, 0.05) is 30.2 Å². The monoisotopic (exact) mass is 310 g/mol. The third-order valence-corrected chi connectivity index (χ3v) is 4.88. The number of hydrogen-bond donors (Lipinski definition) is 0. The molecule has 3 rings (SSSR count). The Morgan fingerprint density at radius 2 is 1.95 bits per heavy atom. The van der Waals surface area contributed by atoms with Gasteiger partial charge in [-0.05, 0) is 19.4 Å². The molecule has 2 aromatic heterocycles. The molecule has 0 unspecified atom stereocenters. The maximum absolute atomic E-state index is 11.6. The highest BCUT2D eigenvalue weighted by Crippen LogP contribution is 2.37. The van der Waals surface area contributed by atoms with Gasteiger partial charge in [-0.15, -0.1) is 11.3 Å². The van der Waals surface area contributed by atoms with Crippen LogP contribution in [0.3, 0.4) is 0 Å². The van der Waals surface area contributed by atoms with Gasteiger partial charge in [-0.2, -0.15) is 4.73 Å². The number of rotatable bonds is 3. The highest BCUT2D eigenvalue weighted by molar-refractivity contribution is 7.15. The lowest BCUT2D eigenvalue weighted by Crippen LogP contribution is -2.28. The number of thiazole rings is 1. The van der Waals surface area contributed by atoms with Gasteiger partial charge in [-0.1, -0.05) is 30.7 Å². The van der Waals surface area contributed by atoms with Crippen LogP contribution in [-0.4, -0.2) is 4.98 Å². The first-order valence-electron chi connectivity index (χ1n) is 7.35. The maximum atomic E-state index is 11.6. The van der Waals surface area contributed by atoms with Gasteiger partial charge >= 0.3 is 0 Å². The maximum Gasteiger partial charge on any atom is 0.190 e. The molecule has 0 atom stereocenters. The summed E-state index contributed by atoms with van der Waals surface area (Å²) in [5, 5.41) is 12.7. The normalized spacial score (nSPS) is 10.9. The zero-order chi connectivity index (χ0) is 15.7. The van der Waals surface area contributed by atoms with Crippen LogP contribution in [0.1, 0.15) is 23.2 Å². The van der Waals surface area contributed by atoms with Gasteiger partial charge in [0.05, 0.1) is 15.6 Å². The van der Waals surface area contributed by atoms with Crippen molar-refractivity contribution in [3.05, 3.63) is 64.1 Å². The van der Waals surface area contributed by atoms with Gasteiger partial charge in [0.25, 0.3) is 0 Å². The van der Waals surface area contributed by atoms with Crippen molar-refractivity contribution in [1.29, 1.82) is 0 Å². The molecule has 1 aromatic carbocycles. The van der Waals surface area contributed by atoms with E-state index in [1.165, 1.54) is 5.56 Å². The third-order valence-electron chi connectivity index (χ3n) is 3.63. The lowest BCUT2D eigenvalue weighted by Gasteiger charge is -2.05. The summed E-state index contributed by atoms with van der Waals surface area (Å²) in [7, 11) is 0. The smallest absolute Gasteiger partial charge is 0.190 e. The fourth-order valence-corrected chi connectivity index (χ4v) is 3.46. The van der Waals surface area contributed by atoms with Crippen LogP contribution in [-0.2, 0) is 6.42 Å². The number of benzene rings is 1. The van der Waals surface area contributed by atoms with Crippen LogP contribution in [0.5, 0.6) is 0 Å². The molecule has 112 valence electrons. The summed E-state index contributed by atoms with van der Waals surface area (Å²) in [5.41, 5.74) is 5.10. The molecular weight excluding hydrogens is 292 g/mol. The van der Waals surface area contributed by atoms with Gasteiger partial charge in [0.15, 0.2) is 11.9 Å². The summed E-state index contributed by atoms with van der Waals surface area (Å²) in [6, 6.07) is 12.2. The summed E-state index contributed by atoms with van der Waals surface area (Å²) in [5.74, 6) is 0. The van der Waals surface area contributed by atoms with Gasteiger partial charge in [0.1, 0.15) is 0 Å². The Labute approximate surface area is 134 Å². The van der Waals surface area contributed by atoms with Crippen LogP contribution in [0.15, 0.2) is 42.6 Å². The SMILES string of the molecule is CCc1nc(-c2cccc(C)c2)c(-c2cc[n+]([O-])c(C)c2)s1. The molecule has 0 fully saturated rings. The number of nitrogens with zero attached hydrogens (tertiary/aromatic N) is 2. The summed E-state index contributed by atoms with van der Waals surface area (Å²) in [6.45, 7) is 6.03. The van der Waals surface area contributed by atoms with E-state index >= 15 is 0 Å². The van der Waals surface area contributed by atoms with E-state index in [-0.39, 0.29) is 0 Å². The van der Waals surface area contributed by atoms with E-state index in [9.17, 15) is 5.21 Å². The molecule has 0 saturated heterocycles. The second-order valence-electron chi connectivity index (χ2n) is 5.39. The quantitative estimate of drug-likeness (QED) is 0.535. The van der Waals surface area contributed by atoms with E-state index in [0.29, 0.717) is 5.69 Å². The predicted molar refractivity (Wildman–Crippen MR) is 90.8 cm³/mol. The van der Waals surface area contributed by atoms with Crippen molar-refractivity contribution in [2.75, 3.05) is 0 Å². The Hall–Kier alpha value is -2.20. The first-order valence-corrected chi connectivity index (χ1v) is 8.17. The lowest BCUT2D eigenvalue weighted by molar-refractivity contribution is -0.612. The molecule has 3 nitrogen and oxygen atoms in total. The Bertz CT molecular complexity index is 824. The average Bonchev–Trinajstić information content (AvgIpc) is 2.94. The average molecular weight is 310 g/mol. The fourth-order valence-electron chi connectivity index (χ4n) is 2.44. The van der Waals surface area contributed by atoms with Crippen molar-refractivity contribution in [3.63, 3.8) is 0 Å². The van der Waals surface area contributed by atoms with Crippen molar-refractivity contribution >= 4 is 11.3 Å². The number of pyridine rings is 1. The molecular formula is C18H18N2OS. The zero-order valence-electron chi connectivity index (χ0n) is 13.0. The molecule has 0 aliphatic carbocycles. The summed E-state index contributed by atoms with van der Waals surface area (Å²) < 4.78 is 0.887. The summed E-state index contributed by atoms with van der Waals surface area (Å²) in [4.78, 5) is 5.93. The van der Waals surface area contributed by atoms with Gasteiger partial charge in [-0.25, -0.2) is 4.98 Å². The highest BCUT2D eigenvalue weighted by atomic mass is 32.1. The van der Waals surface area contributed by atoms with Gasteiger partial charge in [0.2, 0.25) is 0 Å². The van der Waals surface area contributed by atoms with E-state index in [1.807, 2.05) is 19.1 Å². The molecule has 0 spiro atoms. The number of aromatic nitrogens is 2. The summed E-state index contributed by atoms with van der Waals surface area (Å²) >= 11 is 1.71. The zero-order valence-corrected chi connectivity index (χ0v) is 13.8. The minimum Gasteiger partial charge on any atom is -0.619 e. The van der Waals surface area contributed by atoms with E-state index in [1.54, 1.807) is 17.5 Å². The molecule has 0 N–H and O–H groups in total. The molecule has 0 amide bonds. The number of hydrogen-bond acceptors (Lipinski definition) is 3. The largest absolute Gasteiger partial charge is 0.619 e.